The van der Waals surface area contributed by atoms with E-state index in [0.29, 0.717) is 5.69 Å². The lowest BCUT2D eigenvalue weighted by Crippen LogP contribution is -2.27. The molecule has 9 nitrogen and oxygen atoms in total. The number of carbonyl (C=O) groups is 1. The van der Waals surface area contributed by atoms with Crippen LogP contribution in [0.2, 0.25) is 0 Å². The summed E-state index contributed by atoms with van der Waals surface area (Å²) in [5.74, 6) is -0.423. The number of sulfonamides is 1. The smallest absolute Gasteiger partial charge is 0.255 e. The average molecular weight is 449 g/mol. The molecule has 0 bridgehead atoms. The monoisotopic (exact) mass is 448 g/mol. The minimum absolute atomic E-state index is 0.0157. The number of tetrazole rings is 1. The Morgan fingerprint density at radius 1 is 0.969 bits per heavy atom. The van der Waals surface area contributed by atoms with E-state index in [1.165, 1.54) is 29.2 Å². The molecule has 0 radical (unpaired) electrons. The van der Waals surface area contributed by atoms with Crippen molar-refractivity contribution in [3.63, 3.8) is 0 Å². The van der Waals surface area contributed by atoms with Crippen LogP contribution in [0.3, 0.4) is 0 Å². The molecule has 1 heterocycles. The van der Waals surface area contributed by atoms with Gasteiger partial charge in [0.25, 0.3) is 5.91 Å². The zero-order valence-electron chi connectivity index (χ0n) is 17.1. The first-order chi connectivity index (χ1) is 15.4. The van der Waals surface area contributed by atoms with Gasteiger partial charge in [-0.15, -0.1) is 5.10 Å². The standard InChI is InChI=1S/C22H20N6O3S/c1-16(17-6-3-2-4-7-17)25-32(30,31)21-9-5-8-18(14-21)22(29)24-19-10-12-20(13-11-19)28-15-23-26-27-28/h2-16,25H,1H3,(H,24,29). The predicted octanol–water partition coefficient (Wildman–Crippen LogP) is 2.95. The van der Waals surface area contributed by atoms with Crippen LogP contribution < -0.4 is 10.0 Å². The third kappa shape index (κ3) is 4.88. The first-order valence-electron chi connectivity index (χ1n) is 9.74. The zero-order chi connectivity index (χ0) is 22.6. The quantitative estimate of drug-likeness (QED) is 0.449. The van der Waals surface area contributed by atoms with Crippen LogP contribution in [0.4, 0.5) is 5.69 Å². The van der Waals surface area contributed by atoms with E-state index in [9.17, 15) is 13.2 Å². The van der Waals surface area contributed by atoms with Crippen LogP contribution in [0, 0.1) is 0 Å². The largest absolute Gasteiger partial charge is 0.322 e. The molecular weight excluding hydrogens is 428 g/mol. The number of nitrogens with zero attached hydrogens (tertiary/aromatic N) is 4. The van der Waals surface area contributed by atoms with E-state index < -0.39 is 22.0 Å². The Balaban J connectivity index is 1.47. The molecule has 0 spiro atoms. The lowest BCUT2D eigenvalue weighted by Gasteiger charge is -2.15. The van der Waals surface area contributed by atoms with E-state index in [-0.39, 0.29) is 10.5 Å². The van der Waals surface area contributed by atoms with Crippen molar-refractivity contribution in [1.82, 2.24) is 24.9 Å². The van der Waals surface area contributed by atoms with Gasteiger partial charge >= 0.3 is 0 Å². The summed E-state index contributed by atoms with van der Waals surface area (Å²) in [6.07, 6.45) is 1.46. The molecule has 1 unspecified atom stereocenters. The van der Waals surface area contributed by atoms with Crippen molar-refractivity contribution in [2.75, 3.05) is 5.32 Å². The summed E-state index contributed by atoms with van der Waals surface area (Å²) in [6.45, 7) is 1.77. The molecule has 162 valence electrons. The van der Waals surface area contributed by atoms with Gasteiger partial charge < -0.3 is 5.32 Å². The number of aromatic nitrogens is 4. The molecule has 4 aromatic rings. The molecule has 10 heteroatoms. The summed E-state index contributed by atoms with van der Waals surface area (Å²) in [5.41, 5.74) is 2.36. The lowest BCUT2D eigenvalue weighted by molar-refractivity contribution is 0.102. The third-order valence-electron chi connectivity index (χ3n) is 4.78. The highest BCUT2D eigenvalue weighted by molar-refractivity contribution is 7.89. The van der Waals surface area contributed by atoms with Crippen LogP contribution in [0.15, 0.2) is 90.1 Å². The van der Waals surface area contributed by atoms with Crippen molar-refractivity contribution in [3.05, 3.63) is 96.3 Å². The molecule has 1 aromatic heterocycles. The van der Waals surface area contributed by atoms with Crippen LogP contribution in [-0.2, 0) is 10.0 Å². The van der Waals surface area contributed by atoms with Gasteiger partial charge in [-0.3, -0.25) is 4.79 Å². The molecule has 3 aromatic carbocycles. The van der Waals surface area contributed by atoms with Gasteiger partial charge in [0.15, 0.2) is 0 Å². The van der Waals surface area contributed by atoms with Crippen molar-refractivity contribution >= 4 is 21.6 Å². The van der Waals surface area contributed by atoms with E-state index in [1.807, 2.05) is 30.3 Å². The SMILES string of the molecule is CC(NS(=O)(=O)c1cccc(C(=O)Nc2ccc(-n3cnnn3)cc2)c1)c1ccccc1. The van der Waals surface area contributed by atoms with Crippen molar-refractivity contribution in [1.29, 1.82) is 0 Å². The minimum Gasteiger partial charge on any atom is -0.322 e. The summed E-state index contributed by atoms with van der Waals surface area (Å²) >= 11 is 0. The molecule has 0 fully saturated rings. The fourth-order valence-corrected chi connectivity index (χ4v) is 4.37. The van der Waals surface area contributed by atoms with Gasteiger partial charge in [-0.1, -0.05) is 36.4 Å². The van der Waals surface area contributed by atoms with Crippen LogP contribution in [0.25, 0.3) is 5.69 Å². The predicted molar refractivity (Wildman–Crippen MR) is 119 cm³/mol. The topological polar surface area (TPSA) is 119 Å². The van der Waals surface area contributed by atoms with E-state index in [0.717, 1.165) is 11.3 Å². The molecule has 32 heavy (non-hydrogen) atoms. The van der Waals surface area contributed by atoms with E-state index in [4.69, 9.17) is 0 Å². The van der Waals surface area contributed by atoms with Gasteiger partial charge in [0, 0.05) is 17.3 Å². The van der Waals surface area contributed by atoms with Gasteiger partial charge in [0.1, 0.15) is 6.33 Å². The summed E-state index contributed by atoms with van der Waals surface area (Å²) < 4.78 is 29.8. The number of hydrogen-bond acceptors (Lipinski definition) is 6. The normalized spacial score (nSPS) is 12.3. The fourth-order valence-electron chi connectivity index (χ4n) is 3.10. The Kier molecular flexibility index (Phi) is 6.06. The maximum absolute atomic E-state index is 12.8. The summed E-state index contributed by atoms with van der Waals surface area (Å²) in [6, 6.07) is 21.7. The van der Waals surface area contributed by atoms with Crippen molar-refractivity contribution < 1.29 is 13.2 Å². The number of hydrogen-bond donors (Lipinski definition) is 2. The number of amides is 1. The Bertz CT molecular complexity index is 1310. The molecule has 0 aliphatic rings. The fraction of sp³-hybridized carbons (Fsp3) is 0.0909. The first kappa shape index (κ1) is 21.3. The van der Waals surface area contributed by atoms with Crippen LogP contribution in [0.5, 0.6) is 0 Å². The van der Waals surface area contributed by atoms with E-state index >= 15 is 0 Å². The van der Waals surface area contributed by atoms with Crippen LogP contribution in [-0.4, -0.2) is 34.5 Å². The van der Waals surface area contributed by atoms with Crippen LogP contribution in [0.1, 0.15) is 28.9 Å². The third-order valence-corrected chi connectivity index (χ3v) is 6.32. The Hall–Kier alpha value is -3.89. The Labute approximate surface area is 185 Å². The minimum atomic E-state index is -3.82. The summed E-state index contributed by atoms with van der Waals surface area (Å²) in [4.78, 5) is 12.7. The molecule has 1 amide bonds. The number of nitrogens with one attached hydrogen (secondary N) is 2. The maximum atomic E-state index is 12.8. The highest BCUT2D eigenvalue weighted by Gasteiger charge is 2.20. The van der Waals surface area contributed by atoms with Gasteiger partial charge in [0.05, 0.1) is 10.6 Å². The second-order valence-electron chi connectivity index (χ2n) is 7.04. The van der Waals surface area contributed by atoms with Crippen molar-refractivity contribution in [2.45, 2.75) is 17.9 Å². The highest BCUT2D eigenvalue weighted by Crippen LogP contribution is 2.19. The molecule has 2 N–H and O–H groups in total. The number of rotatable bonds is 7. The summed E-state index contributed by atoms with van der Waals surface area (Å²) in [7, 11) is -3.82. The molecule has 0 aliphatic heterocycles. The number of anilines is 1. The van der Waals surface area contributed by atoms with Crippen LogP contribution >= 0.6 is 0 Å². The zero-order valence-corrected chi connectivity index (χ0v) is 17.9. The second-order valence-corrected chi connectivity index (χ2v) is 8.75. The van der Waals surface area contributed by atoms with Crippen molar-refractivity contribution in [2.24, 2.45) is 0 Å². The van der Waals surface area contributed by atoms with E-state index in [2.05, 4.69) is 25.6 Å². The second kappa shape index (κ2) is 9.08. The highest BCUT2D eigenvalue weighted by atomic mass is 32.2. The van der Waals surface area contributed by atoms with Gasteiger partial charge in [-0.25, -0.2) is 17.8 Å². The average Bonchev–Trinajstić information content (AvgIpc) is 3.35. The molecule has 4 rings (SSSR count). The van der Waals surface area contributed by atoms with Gasteiger partial charge in [-0.2, -0.15) is 0 Å². The number of carbonyl (C=O) groups excluding carboxylic acids is 1. The Morgan fingerprint density at radius 3 is 2.41 bits per heavy atom. The lowest BCUT2D eigenvalue weighted by atomic mass is 10.1. The van der Waals surface area contributed by atoms with Gasteiger partial charge in [0.2, 0.25) is 10.0 Å². The molecule has 1 atom stereocenters. The molecular formula is C22H20N6O3S. The van der Waals surface area contributed by atoms with Gasteiger partial charge in [-0.05, 0) is 65.4 Å². The van der Waals surface area contributed by atoms with Crippen molar-refractivity contribution in [3.8, 4) is 5.69 Å². The number of benzene rings is 3. The Morgan fingerprint density at radius 2 is 1.72 bits per heavy atom. The van der Waals surface area contributed by atoms with E-state index in [1.54, 1.807) is 37.3 Å². The summed E-state index contributed by atoms with van der Waals surface area (Å²) in [5, 5.41) is 13.7. The first-order valence-corrected chi connectivity index (χ1v) is 11.2. The maximum Gasteiger partial charge on any atom is 0.255 e. The molecule has 0 aliphatic carbocycles. The molecule has 0 saturated carbocycles. The molecule has 0 saturated heterocycles.